The highest BCUT2D eigenvalue weighted by atomic mass is 35.5. The number of benzene rings is 2. The summed E-state index contributed by atoms with van der Waals surface area (Å²) in [6.07, 6.45) is 0.462. The molecular weight excluding hydrogens is 448 g/mol. The number of rotatable bonds is 4. The zero-order valence-electron chi connectivity index (χ0n) is 17.5. The minimum atomic E-state index is -1.66. The fourth-order valence-corrected chi connectivity index (χ4v) is 4.87. The van der Waals surface area contributed by atoms with Gasteiger partial charge in [-0.1, -0.05) is 35.9 Å². The van der Waals surface area contributed by atoms with E-state index in [1.165, 1.54) is 6.07 Å². The topological polar surface area (TPSA) is 121 Å². The smallest absolute Gasteiger partial charge is 0.322 e. The van der Waals surface area contributed by atoms with Crippen LogP contribution in [-0.2, 0) is 19.8 Å². The maximum Gasteiger partial charge on any atom is 0.322 e. The van der Waals surface area contributed by atoms with Crippen LogP contribution in [0.1, 0.15) is 39.1 Å². The summed E-state index contributed by atoms with van der Waals surface area (Å²) < 4.78 is 0. The molecule has 0 radical (unpaired) electrons. The molecule has 2 aliphatic rings. The predicted molar refractivity (Wildman–Crippen MR) is 118 cm³/mol. The lowest BCUT2D eigenvalue weighted by molar-refractivity contribution is -0.141. The molecule has 33 heavy (non-hydrogen) atoms. The average Bonchev–Trinajstić information content (AvgIpc) is 2.82. The van der Waals surface area contributed by atoms with Gasteiger partial charge in [0, 0.05) is 29.2 Å². The number of nitrogens with zero attached hydrogens (tertiary/aromatic N) is 1. The van der Waals surface area contributed by atoms with Crippen LogP contribution < -0.4 is 5.32 Å². The molecule has 4 rings (SSSR count). The second-order valence-corrected chi connectivity index (χ2v) is 8.64. The Kier molecular flexibility index (Phi) is 6.03. The van der Waals surface area contributed by atoms with Crippen LogP contribution in [0.3, 0.4) is 0 Å². The fourth-order valence-electron chi connectivity index (χ4n) is 4.69. The molecule has 1 unspecified atom stereocenters. The Morgan fingerprint density at radius 2 is 1.73 bits per heavy atom. The van der Waals surface area contributed by atoms with Crippen LogP contribution in [-0.4, -0.2) is 59.0 Å². The Morgan fingerprint density at radius 1 is 1.06 bits per heavy atom. The van der Waals surface area contributed by atoms with E-state index in [4.69, 9.17) is 16.7 Å². The lowest BCUT2D eigenvalue weighted by Crippen LogP contribution is -2.57. The summed E-state index contributed by atoms with van der Waals surface area (Å²) in [6.45, 7) is -0.178. The van der Waals surface area contributed by atoms with E-state index < -0.39 is 41.3 Å². The molecule has 2 aromatic carbocycles. The number of halogens is 1. The summed E-state index contributed by atoms with van der Waals surface area (Å²) in [5.41, 5.74) is 0.0695. The molecule has 1 aliphatic heterocycles. The lowest BCUT2D eigenvalue weighted by Gasteiger charge is -2.45. The highest BCUT2D eigenvalue weighted by Gasteiger charge is 2.55. The highest BCUT2D eigenvalue weighted by Crippen LogP contribution is 2.45. The second kappa shape index (κ2) is 8.78. The molecule has 0 saturated carbocycles. The predicted octanol–water partition coefficient (Wildman–Crippen LogP) is 2.10. The quantitative estimate of drug-likeness (QED) is 0.663. The number of likely N-dealkylation sites (tertiary alicyclic amines) is 1. The molecule has 0 aromatic heterocycles. The Hall–Kier alpha value is -3.52. The van der Waals surface area contributed by atoms with Gasteiger partial charge in [-0.2, -0.15) is 0 Å². The molecular formula is C24H21ClN2O6. The van der Waals surface area contributed by atoms with Gasteiger partial charge >= 0.3 is 5.97 Å². The van der Waals surface area contributed by atoms with Crippen molar-refractivity contribution in [2.75, 3.05) is 19.6 Å². The number of aliphatic carboxylic acids is 1. The maximum absolute atomic E-state index is 13.6. The van der Waals surface area contributed by atoms with Crippen molar-refractivity contribution in [1.82, 2.24) is 10.2 Å². The largest absolute Gasteiger partial charge is 0.480 e. The molecule has 2 aromatic rings. The summed E-state index contributed by atoms with van der Waals surface area (Å²) in [4.78, 5) is 64.8. The first-order chi connectivity index (χ1) is 15.7. The van der Waals surface area contributed by atoms with Crippen molar-refractivity contribution in [3.8, 4) is 0 Å². The number of amides is 2. The van der Waals surface area contributed by atoms with Gasteiger partial charge in [0.2, 0.25) is 5.91 Å². The SMILES string of the molecule is O=C(O)CNC(=O)C1C(=O)c2cc(Cl)ccc2C2(CCN(C(=O)c3ccccc3)CC2)C1=O. The van der Waals surface area contributed by atoms with Gasteiger partial charge in [0.25, 0.3) is 5.91 Å². The van der Waals surface area contributed by atoms with Crippen molar-refractivity contribution < 1.29 is 29.1 Å². The molecule has 1 heterocycles. The number of piperidine rings is 1. The molecule has 1 saturated heterocycles. The molecule has 2 amide bonds. The number of carbonyl (C=O) groups is 5. The van der Waals surface area contributed by atoms with Crippen LogP contribution in [0.5, 0.6) is 0 Å². The van der Waals surface area contributed by atoms with Gasteiger partial charge in [-0.15, -0.1) is 0 Å². The van der Waals surface area contributed by atoms with Gasteiger partial charge < -0.3 is 15.3 Å². The molecule has 8 nitrogen and oxygen atoms in total. The van der Waals surface area contributed by atoms with Crippen molar-refractivity contribution in [3.63, 3.8) is 0 Å². The molecule has 170 valence electrons. The first-order valence-electron chi connectivity index (χ1n) is 10.5. The number of fused-ring (bicyclic) bond motifs is 2. The van der Waals surface area contributed by atoms with E-state index in [1.807, 2.05) is 6.07 Å². The molecule has 1 fully saturated rings. The Balaban J connectivity index is 1.67. The molecule has 1 atom stereocenters. The van der Waals surface area contributed by atoms with Gasteiger partial charge in [-0.05, 0) is 42.7 Å². The third kappa shape index (κ3) is 4.02. The first kappa shape index (κ1) is 22.7. The van der Waals surface area contributed by atoms with Crippen LogP contribution in [0, 0.1) is 5.92 Å². The second-order valence-electron chi connectivity index (χ2n) is 8.20. The Bertz CT molecular complexity index is 1150. The summed E-state index contributed by atoms with van der Waals surface area (Å²) in [5.74, 6) is -5.32. The van der Waals surface area contributed by atoms with Crippen LogP contribution in [0.2, 0.25) is 5.02 Å². The zero-order chi connectivity index (χ0) is 23.8. The van der Waals surface area contributed by atoms with Gasteiger partial charge in [-0.25, -0.2) is 0 Å². The van der Waals surface area contributed by atoms with E-state index in [9.17, 15) is 24.0 Å². The highest BCUT2D eigenvalue weighted by molar-refractivity contribution is 6.33. The number of nitrogens with one attached hydrogen (secondary N) is 1. The summed E-state index contributed by atoms with van der Waals surface area (Å²) in [7, 11) is 0. The molecule has 1 aliphatic carbocycles. The van der Waals surface area contributed by atoms with E-state index in [1.54, 1.807) is 41.3 Å². The Labute approximate surface area is 194 Å². The maximum atomic E-state index is 13.6. The van der Waals surface area contributed by atoms with E-state index in [2.05, 4.69) is 5.32 Å². The van der Waals surface area contributed by atoms with Crippen molar-refractivity contribution in [2.45, 2.75) is 18.3 Å². The third-order valence-electron chi connectivity index (χ3n) is 6.36. The summed E-state index contributed by atoms with van der Waals surface area (Å²) in [6, 6.07) is 13.5. The van der Waals surface area contributed by atoms with Gasteiger partial charge in [0.05, 0.1) is 5.41 Å². The van der Waals surface area contributed by atoms with Crippen molar-refractivity contribution >= 4 is 41.0 Å². The number of carboxylic acids is 1. The standard InChI is InChI=1S/C24H21ClN2O6/c25-15-6-7-17-16(12-15)20(30)19(22(32)26-13-18(28)29)21(31)24(17)8-10-27(11-9-24)23(33)14-4-2-1-3-5-14/h1-7,12,19H,8-11,13H2,(H,26,32)(H,28,29). The van der Waals surface area contributed by atoms with Gasteiger partial charge in [0.15, 0.2) is 17.5 Å². The van der Waals surface area contributed by atoms with Crippen LogP contribution in [0.4, 0.5) is 0 Å². The number of ketones is 2. The minimum Gasteiger partial charge on any atom is -0.480 e. The number of hydrogen-bond acceptors (Lipinski definition) is 5. The van der Waals surface area contributed by atoms with Crippen molar-refractivity contribution in [1.29, 1.82) is 0 Å². The van der Waals surface area contributed by atoms with Crippen molar-refractivity contribution in [2.24, 2.45) is 5.92 Å². The van der Waals surface area contributed by atoms with E-state index >= 15 is 0 Å². The number of carbonyl (C=O) groups excluding carboxylic acids is 4. The van der Waals surface area contributed by atoms with Crippen LogP contribution in [0.15, 0.2) is 48.5 Å². The van der Waals surface area contributed by atoms with Gasteiger partial charge in [-0.3, -0.25) is 24.0 Å². The summed E-state index contributed by atoms with van der Waals surface area (Å²) >= 11 is 6.10. The molecule has 2 N–H and O–H groups in total. The average molecular weight is 469 g/mol. The summed E-state index contributed by atoms with van der Waals surface area (Å²) in [5, 5.41) is 11.3. The molecule has 9 heteroatoms. The minimum absolute atomic E-state index is 0.156. The van der Waals surface area contributed by atoms with Crippen LogP contribution >= 0.6 is 11.6 Å². The molecule has 1 spiro atoms. The van der Waals surface area contributed by atoms with Gasteiger partial charge in [0.1, 0.15) is 6.54 Å². The number of hydrogen-bond donors (Lipinski definition) is 2. The fraction of sp³-hybridized carbons (Fsp3) is 0.292. The first-order valence-corrected chi connectivity index (χ1v) is 10.8. The number of Topliss-reactive ketones (excluding diaryl/α,β-unsaturated/α-hetero) is 2. The number of carboxylic acid groups (broad SMARTS) is 1. The Morgan fingerprint density at radius 3 is 2.36 bits per heavy atom. The van der Waals surface area contributed by atoms with Crippen LogP contribution in [0.25, 0.3) is 0 Å². The van der Waals surface area contributed by atoms with E-state index in [0.29, 0.717) is 11.1 Å². The van der Waals surface area contributed by atoms with E-state index in [-0.39, 0.29) is 42.4 Å². The lowest BCUT2D eigenvalue weighted by atomic mass is 9.60. The normalized spacial score (nSPS) is 19.2. The van der Waals surface area contributed by atoms with E-state index in [0.717, 1.165) is 0 Å². The molecule has 0 bridgehead atoms. The zero-order valence-corrected chi connectivity index (χ0v) is 18.3. The monoisotopic (exact) mass is 468 g/mol. The van der Waals surface area contributed by atoms with Crippen molar-refractivity contribution in [3.05, 3.63) is 70.2 Å². The third-order valence-corrected chi connectivity index (χ3v) is 6.59.